The van der Waals surface area contributed by atoms with E-state index in [4.69, 9.17) is 23.2 Å². The fraction of sp³-hybridized carbons (Fsp3) is 0.500. The maximum Gasteiger partial charge on any atom is 0.389 e. The highest BCUT2D eigenvalue weighted by molar-refractivity contribution is 6.32. The number of halogens is 5. The van der Waals surface area contributed by atoms with Gasteiger partial charge < -0.3 is 0 Å². The predicted molar refractivity (Wildman–Crippen MR) is 64.8 cm³/mol. The Kier molecular flexibility index (Phi) is 4.73. The van der Waals surface area contributed by atoms with Gasteiger partial charge in [-0.05, 0) is 43.0 Å². The molecular formula is C12H13Cl2F3. The number of rotatable bonds is 3. The highest BCUT2D eigenvalue weighted by Gasteiger charge is 2.28. The minimum absolute atomic E-state index is 0.159. The average molecular weight is 285 g/mol. The summed E-state index contributed by atoms with van der Waals surface area (Å²) in [7, 11) is 0. The van der Waals surface area contributed by atoms with Crippen LogP contribution in [-0.2, 0) is 0 Å². The van der Waals surface area contributed by atoms with Crippen LogP contribution < -0.4 is 0 Å². The van der Waals surface area contributed by atoms with Crippen molar-refractivity contribution in [2.24, 2.45) is 0 Å². The monoisotopic (exact) mass is 284 g/mol. The summed E-state index contributed by atoms with van der Waals surface area (Å²) in [5, 5.41) is -0.279. The Bertz CT molecular complexity index is 399. The first-order valence-electron chi connectivity index (χ1n) is 5.18. The second-order valence-electron chi connectivity index (χ2n) is 4.08. The van der Waals surface area contributed by atoms with Crippen molar-refractivity contribution < 1.29 is 13.2 Å². The van der Waals surface area contributed by atoms with Crippen molar-refractivity contribution in [3.8, 4) is 0 Å². The van der Waals surface area contributed by atoms with Crippen LogP contribution in [-0.4, -0.2) is 6.18 Å². The normalized spacial score (nSPS) is 13.8. The Morgan fingerprint density at radius 1 is 1.18 bits per heavy atom. The lowest BCUT2D eigenvalue weighted by molar-refractivity contribution is -0.135. The molecule has 0 heterocycles. The fourth-order valence-corrected chi connectivity index (χ4v) is 2.18. The van der Waals surface area contributed by atoms with Gasteiger partial charge in [0, 0.05) is 11.4 Å². The molecule has 0 nitrogen and oxygen atoms in total. The van der Waals surface area contributed by atoms with Crippen LogP contribution in [0.3, 0.4) is 0 Å². The summed E-state index contributed by atoms with van der Waals surface area (Å²) in [5.74, 6) is 0. The van der Waals surface area contributed by atoms with E-state index in [1.165, 1.54) is 0 Å². The standard InChI is InChI=1S/C12H13Cl2F3/c1-7-5-9(11(14)6-8(7)2)10(13)3-4-12(15,16)17/h5-6,10H,3-4H2,1-2H3. The van der Waals surface area contributed by atoms with Crippen molar-refractivity contribution in [2.45, 2.75) is 38.2 Å². The highest BCUT2D eigenvalue weighted by Crippen LogP contribution is 2.36. The van der Waals surface area contributed by atoms with E-state index < -0.39 is 18.0 Å². The van der Waals surface area contributed by atoms with Gasteiger partial charge in [0.1, 0.15) is 0 Å². The highest BCUT2D eigenvalue weighted by atomic mass is 35.5. The topological polar surface area (TPSA) is 0 Å². The third kappa shape index (κ3) is 4.40. The summed E-state index contributed by atoms with van der Waals surface area (Å²) in [6.07, 6.45) is -5.24. The fourth-order valence-electron chi connectivity index (χ4n) is 1.49. The molecule has 0 aliphatic heterocycles. The van der Waals surface area contributed by atoms with E-state index >= 15 is 0 Å². The zero-order chi connectivity index (χ0) is 13.2. The van der Waals surface area contributed by atoms with Crippen molar-refractivity contribution >= 4 is 23.2 Å². The summed E-state index contributed by atoms with van der Waals surface area (Å²) in [5.41, 5.74) is 2.54. The number of aryl methyl sites for hydroxylation is 2. The molecule has 0 fully saturated rings. The van der Waals surface area contributed by atoms with E-state index in [1.54, 1.807) is 12.1 Å². The molecule has 0 aromatic heterocycles. The van der Waals surface area contributed by atoms with Crippen LogP contribution >= 0.6 is 23.2 Å². The second kappa shape index (κ2) is 5.49. The van der Waals surface area contributed by atoms with Crippen LogP contribution in [0, 0.1) is 13.8 Å². The van der Waals surface area contributed by atoms with Gasteiger partial charge in [-0.1, -0.05) is 17.7 Å². The Balaban J connectivity index is 2.82. The molecule has 0 N–H and O–H groups in total. The van der Waals surface area contributed by atoms with Crippen LogP contribution in [0.4, 0.5) is 13.2 Å². The zero-order valence-corrected chi connectivity index (χ0v) is 11.0. The molecule has 0 aliphatic rings. The number of hydrogen-bond donors (Lipinski definition) is 0. The molecule has 96 valence electrons. The van der Waals surface area contributed by atoms with E-state index in [0.29, 0.717) is 10.6 Å². The van der Waals surface area contributed by atoms with Crippen molar-refractivity contribution in [1.82, 2.24) is 0 Å². The van der Waals surface area contributed by atoms with Gasteiger partial charge in [-0.2, -0.15) is 13.2 Å². The molecule has 0 spiro atoms. The lowest BCUT2D eigenvalue weighted by Crippen LogP contribution is -2.08. The maximum absolute atomic E-state index is 12.1. The molecule has 0 radical (unpaired) electrons. The third-order valence-electron chi connectivity index (χ3n) is 2.63. The maximum atomic E-state index is 12.1. The predicted octanol–water partition coefficient (Wildman–Crippen LogP) is 5.58. The molecule has 0 bridgehead atoms. The Labute approximate surface area is 109 Å². The van der Waals surface area contributed by atoms with Gasteiger partial charge >= 0.3 is 6.18 Å². The van der Waals surface area contributed by atoms with E-state index in [1.807, 2.05) is 13.8 Å². The largest absolute Gasteiger partial charge is 0.389 e. The summed E-state index contributed by atoms with van der Waals surface area (Å²) >= 11 is 11.9. The van der Waals surface area contributed by atoms with E-state index in [2.05, 4.69) is 0 Å². The molecule has 0 saturated heterocycles. The molecule has 1 atom stereocenters. The summed E-state index contributed by atoms with van der Waals surface area (Å²) in [6.45, 7) is 3.77. The third-order valence-corrected chi connectivity index (χ3v) is 3.41. The minimum Gasteiger partial charge on any atom is -0.171 e. The SMILES string of the molecule is Cc1cc(Cl)c(C(Cl)CCC(F)(F)F)cc1C. The molecule has 0 saturated carbocycles. The van der Waals surface area contributed by atoms with Gasteiger partial charge in [0.2, 0.25) is 0 Å². The smallest absolute Gasteiger partial charge is 0.171 e. The molecule has 0 aliphatic carbocycles. The van der Waals surface area contributed by atoms with Gasteiger partial charge in [0.25, 0.3) is 0 Å². The van der Waals surface area contributed by atoms with E-state index in [-0.39, 0.29) is 6.42 Å². The van der Waals surface area contributed by atoms with Crippen molar-refractivity contribution in [3.05, 3.63) is 33.8 Å². The first kappa shape index (κ1) is 14.7. The van der Waals surface area contributed by atoms with E-state index in [9.17, 15) is 13.2 Å². The van der Waals surface area contributed by atoms with Gasteiger partial charge in [-0.3, -0.25) is 0 Å². The molecule has 0 amide bonds. The molecule has 1 rings (SSSR count). The minimum atomic E-state index is -4.18. The van der Waals surface area contributed by atoms with Crippen LogP contribution in [0.15, 0.2) is 12.1 Å². The summed E-state index contributed by atoms with van der Waals surface area (Å²) in [4.78, 5) is 0. The number of benzene rings is 1. The van der Waals surface area contributed by atoms with Gasteiger partial charge in [-0.15, -0.1) is 11.6 Å². The van der Waals surface area contributed by atoms with Crippen LogP contribution in [0.25, 0.3) is 0 Å². The van der Waals surface area contributed by atoms with Crippen molar-refractivity contribution in [2.75, 3.05) is 0 Å². The van der Waals surface area contributed by atoms with Gasteiger partial charge in [0.05, 0.1) is 5.38 Å². The Morgan fingerprint density at radius 2 is 1.71 bits per heavy atom. The molecule has 1 aromatic carbocycles. The number of alkyl halides is 4. The van der Waals surface area contributed by atoms with Crippen LogP contribution in [0.1, 0.15) is 34.9 Å². The first-order chi connectivity index (χ1) is 7.70. The Morgan fingerprint density at radius 3 is 2.24 bits per heavy atom. The zero-order valence-electron chi connectivity index (χ0n) is 9.54. The lowest BCUT2D eigenvalue weighted by Gasteiger charge is -2.15. The van der Waals surface area contributed by atoms with Crippen LogP contribution in [0.2, 0.25) is 5.02 Å². The molecule has 17 heavy (non-hydrogen) atoms. The van der Waals surface area contributed by atoms with Gasteiger partial charge in [0.15, 0.2) is 0 Å². The molecule has 1 unspecified atom stereocenters. The summed E-state index contributed by atoms with van der Waals surface area (Å²) < 4.78 is 36.3. The number of hydrogen-bond acceptors (Lipinski definition) is 0. The van der Waals surface area contributed by atoms with Gasteiger partial charge in [-0.25, -0.2) is 0 Å². The van der Waals surface area contributed by atoms with Crippen LogP contribution in [0.5, 0.6) is 0 Å². The molecule has 1 aromatic rings. The summed E-state index contributed by atoms with van der Waals surface area (Å²) in [6, 6.07) is 3.49. The Hall–Kier alpha value is -0.410. The molecule has 5 heteroatoms. The average Bonchev–Trinajstić information content (AvgIpc) is 2.19. The molecular weight excluding hydrogens is 272 g/mol. The van der Waals surface area contributed by atoms with Crippen molar-refractivity contribution in [1.29, 1.82) is 0 Å². The lowest BCUT2D eigenvalue weighted by atomic mass is 10.0. The first-order valence-corrected chi connectivity index (χ1v) is 5.99. The van der Waals surface area contributed by atoms with E-state index in [0.717, 1.165) is 11.1 Å². The quantitative estimate of drug-likeness (QED) is 0.636. The second-order valence-corrected chi connectivity index (χ2v) is 5.01. The van der Waals surface area contributed by atoms with Crippen molar-refractivity contribution in [3.63, 3.8) is 0 Å².